The Bertz CT molecular complexity index is 831. The Morgan fingerprint density at radius 3 is 2.83 bits per heavy atom. The van der Waals surface area contributed by atoms with E-state index in [0.717, 1.165) is 50.0 Å². The van der Waals surface area contributed by atoms with Crippen molar-refractivity contribution in [1.82, 2.24) is 10.2 Å². The summed E-state index contributed by atoms with van der Waals surface area (Å²) < 4.78 is 16.1. The molecule has 156 valence electrons. The summed E-state index contributed by atoms with van der Waals surface area (Å²) in [5, 5.41) is 13.3. The molecule has 29 heavy (non-hydrogen) atoms. The highest BCUT2D eigenvalue weighted by Crippen LogP contribution is 2.17. The molecule has 1 fully saturated rings. The lowest BCUT2D eigenvalue weighted by molar-refractivity contribution is -0.402. The largest absolute Gasteiger partial charge is 0.492 e. The van der Waals surface area contributed by atoms with Gasteiger partial charge >= 0.3 is 5.88 Å². The Hall–Kier alpha value is -2.91. The zero-order chi connectivity index (χ0) is 20.6. The van der Waals surface area contributed by atoms with Crippen molar-refractivity contribution in [2.24, 2.45) is 0 Å². The maximum absolute atomic E-state index is 12.1. The molecule has 1 N–H and O–H groups in total. The minimum Gasteiger partial charge on any atom is -0.492 e. The molecular formula is C20H25N3O6. The first-order chi connectivity index (χ1) is 14.0. The Labute approximate surface area is 168 Å². The minimum absolute atomic E-state index is 0.0970. The molecule has 9 nitrogen and oxygen atoms in total. The van der Waals surface area contributed by atoms with Crippen LogP contribution in [-0.4, -0.2) is 55.2 Å². The van der Waals surface area contributed by atoms with Crippen molar-refractivity contribution in [1.29, 1.82) is 0 Å². The first kappa shape index (κ1) is 20.8. The highest BCUT2D eigenvalue weighted by Gasteiger charge is 2.18. The van der Waals surface area contributed by atoms with Gasteiger partial charge in [-0.25, -0.2) is 0 Å². The number of hydrogen-bond acceptors (Lipinski definition) is 7. The number of nitrogens with one attached hydrogen (secondary N) is 1. The van der Waals surface area contributed by atoms with Crippen molar-refractivity contribution in [2.75, 3.05) is 33.4 Å². The fourth-order valence-corrected chi connectivity index (χ4v) is 3.18. The number of carbonyl (C=O) groups is 1. The number of ether oxygens (including phenoxy) is 2. The van der Waals surface area contributed by atoms with Crippen LogP contribution in [0.1, 0.15) is 29.0 Å². The van der Waals surface area contributed by atoms with E-state index in [1.165, 1.54) is 6.07 Å². The molecule has 9 heteroatoms. The average Bonchev–Trinajstić information content (AvgIpc) is 3.24. The third kappa shape index (κ3) is 6.03. The molecule has 0 saturated carbocycles. The van der Waals surface area contributed by atoms with Gasteiger partial charge in [-0.1, -0.05) is 12.1 Å². The van der Waals surface area contributed by atoms with E-state index < -0.39 is 16.7 Å². The number of rotatable bonds is 9. The van der Waals surface area contributed by atoms with E-state index in [0.29, 0.717) is 12.6 Å². The van der Waals surface area contributed by atoms with Crippen molar-refractivity contribution in [3.8, 4) is 5.75 Å². The van der Waals surface area contributed by atoms with Gasteiger partial charge in [-0.15, -0.1) is 0 Å². The van der Waals surface area contributed by atoms with Gasteiger partial charge in [0.2, 0.25) is 0 Å². The van der Waals surface area contributed by atoms with E-state index in [2.05, 4.69) is 17.3 Å². The molecule has 1 aliphatic rings. The average molecular weight is 403 g/mol. The van der Waals surface area contributed by atoms with Gasteiger partial charge in [0.05, 0.1) is 6.07 Å². The molecule has 0 aliphatic carbocycles. The molecule has 3 rings (SSSR count). The van der Waals surface area contributed by atoms with Gasteiger partial charge in [-0.3, -0.25) is 19.8 Å². The molecule has 2 heterocycles. The molecule has 1 amide bonds. The van der Waals surface area contributed by atoms with Gasteiger partial charge in [0.25, 0.3) is 5.91 Å². The number of hydrogen-bond donors (Lipinski definition) is 1. The van der Waals surface area contributed by atoms with Crippen molar-refractivity contribution in [3.63, 3.8) is 0 Å². The quantitative estimate of drug-likeness (QED) is 0.506. The highest BCUT2D eigenvalue weighted by atomic mass is 16.6. The predicted octanol–water partition coefficient (Wildman–Crippen LogP) is 2.61. The van der Waals surface area contributed by atoms with Gasteiger partial charge in [0.15, 0.2) is 5.76 Å². The second-order valence-electron chi connectivity index (χ2n) is 6.90. The first-order valence-electron chi connectivity index (χ1n) is 9.55. The Kier molecular flexibility index (Phi) is 7.20. The Balaban J connectivity index is 1.45. The van der Waals surface area contributed by atoms with Crippen LogP contribution in [-0.2, 0) is 11.3 Å². The van der Waals surface area contributed by atoms with Crippen molar-refractivity contribution in [3.05, 3.63) is 57.8 Å². The maximum atomic E-state index is 12.1. The number of nitrogens with zero attached hydrogens (tertiary/aromatic N) is 2. The van der Waals surface area contributed by atoms with Gasteiger partial charge < -0.3 is 19.2 Å². The van der Waals surface area contributed by atoms with Crippen LogP contribution in [0.25, 0.3) is 0 Å². The number of benzene rings is 1. The van der Waals surface area contributed by atoms with Crippen LogP contribution >= 0.6 is 0 Å². The zero-order valence-electron chi connectivity index (χ0n) is 16.3. The van der Waals surface area contributed by atoms with Crippen LogP contribution < -0.4 is 10.1 Å². The van der Waals surface area contributed by atoms with Gasteiger partial charge in [0, 0.05) is 32.3 Å². The summed E-state index contributed by atoms with van der Waals surface area (Å²) in [6.45, 7) is 3.28. The fourth-order valence-electron chi connectivity index (χ4n) is 3.18. The summed E-state index contributed by atoms with van der Waals surface area (Å²) in [6.07, 6.45) is 2.09. The monoisotopic (exact) mass is 403 g/mol. The number of carbonyl (C=O) groups excluding carboxylic acids is 1. The van der Waals surface area contributed by atoms with E-state index in [1.54, 1.807) is 0 Å². The predicted molar refractivity (Wildman–Crippen MR) is 105 cm³/mol. The topological polar surface area (TPSA) is 107 Å². The minimum atomic E-state index is -0.683. The molecule has 0 unspecified atom stereocenters. The third-order valence-corrected chi connectivity index (χ3v) is 4.87. The Morgan fingerprint density at radius 2 is 2.10 bits per heavy atom. The van der Waals surface area contributed by atoms with Crippen LogP contribution in [0.15, 0.2) is 40.8 Å². The summed E-state index contributed by atoms with van der Waals surface area (Å²) >= 11 is 0. The van der Waals surface area contributed by atoms with Gasteiger partial charge in [-0.05, 0) is 43.7 Å². The normalized spacial score (nSPS) is 14.7. The molecular weight excluding hydrogens is 378 g/mol. The summed E-state index contributed by atoms with van der Waals surface area (Å²) in [5.74, 6) is -0.343. The van der Waals surface area contributed by atoms with Gasteiger partial charge in [0.1, 0.15) is 17.3 Å². The van der Waals surface area contributed by atoms with Crippen molar-refractivity contribution >= 4 is 11.8 Å². The molecule has 1 saturated heterocycles. The van der Waals surface area contributed by atoms with Crippen LogP contribution in [0, 0.1) is 10.1 Å². The number of nitro groups is 1. The molecule has 1 aliphatic heterocycles. The van der Waals surface area contributed by atoms with E-state index in [9.17, 15) is 14.9 Å². The first-order valence-corrected chi connectivity index (χ1v) is 9.55. The van der Waals surface area contributed by atoms with Crippen LogP contribution in [0.4, 0.5) is 5.88 Å². The maximum Gasteiger partial charge on any atom is 0.433 e. The van der Waals surface area contributed by atoms with Crippen molar-refractivity contribution < 1.29 is 23.6 Å². The Morgan fingerprint density at radius 1 is 1.31 bits per heavy atom. The van der Waals surface area contributed by atoms with Crippen LogP contribution in [0.5, 0.6) is 5.75 Å². The SMILES string of the molecule is CN(CCOc1cccc(CNC(=O)c2ccc([N+](=O)[O-])o2)c1)C1CCOCC1. The molecule has 1 aromatic heterocycles. The highest BCUT2D eigenvalue weighted by molar-refractivity contribution is 5.91. The number of amides is 1. The smallest absolute Gasteiger partial charge is 0.433 e. The summed E-state index contributed by atoms with van der Waals surface area (Å²) in [6, 6.07) is 10.4. The summed E-state index contributed by atoms with van der Waals surface area (Å²) in [4.78, 5) is 24.3. The molecule has 2 aromatic rings. The van der Waals surface area contributed by atoms with Crippen LogP contribution in [0.3, 0.4) is 0 Å². The second kappa shape index (κ2) is 10.0. The lowest BCUT2D eigenvalue weighted by Crippen LogP contribution is -2.38. The summed E-state index contributed by atoms with van der Waals surface area (Å²) in [7, 11) is 2.10. The third-order valence-electron chi connectivity index (χ3n) is 4.87. The molecule has 1 aromatic carbocycles. The van der Waals surface area contributed by atoms with Crippen LogP contribution in [0.2, 0.25) is 0 Å². The zero-order valence-corrected chi connectivity index (χ0v) is 16.3. The second-order valence-corrected chi connectivity index (χ2v) is 6.90. The van der Waals surface area contributed by atoms with E-state index >= 15 is 0 Å². The molecule has 0 atom stereocenters. The molecule has 0 bridgehead atoms. The standard InChI is InChI=1S/C20H25N3O6/c1-22(16-7-10-27-11-8-16)9-12-28-17-4-2-3-15(13-17)14-21-20(24)18-5-6-19(29-18)23(25)26/h2-6,13,16H,7-12,14H2,1H3,(H,21,24). The van der Waals surface area contributed by atoms with Crippen molar-refractivity contribution in [2.45, 2.75) is 25.4 Å². The molecule has 0 spiro atoms. The van der Waals surface area contributed by atoms with Gasteiger partial charge in [-0.2, -0.15) is 0 Å². The van der Waals surface area contributed by atoms with E-state index in [4.69, 9.17) is 13.9 Å². The van der Waals surface area contributed by atoms with E-state index in [-0.39, 0.29) is 12.3 Å². The lowest BCUT2D eigenvalue weighted by Gasteiger charge is -2.31. The number of likely N-dealkylation sites (N-methyl/N-ethyl adjacent to an activating group) is 1. The van der Waals surface area contributed by atoms with E-state index in [1.807, 2.05) is 24.3 Å². The number of furan rings is 1. The fraction of sp³-hybridized carbons (Fsp3) is 0.450. The summed E-state index contributed by atoms with van der Waals surface area (Å²) in [5.41, 5.74) is 0.856. The lowest BCUT2D eigenvalue weighted by atomic mass is 10.1. The molecule has 0 radical (unpaired) electrons.